The largest absolute Gasteiger partial charge is 0.466 e. The molecule has 0 aliphatic rings. The number of esters is 2. The summed E-state index contributed by atoms with van der Waals surface area (Å²) in [6.45, 7) is 10.4. The number of carbonyl (C=O) groups excluding carboxylic acids is 2. The van der Waals surface area contributed by atoms with Crippen molar-refractivity contribution in [3.05, 3.63) is 0 Å². The van der Waals surface area contributed by atoms with Crippen LogP contribution in [0.5, 0.6) is 0 Å². The fourth-order valence-electron chi connectivity index (χ4n) is 5.55. The molecule has 0 N–H and O–H groups in total. The normalized spacial score (nSPS) is 11.5. The molecule has 0 rings (SSSR count). The zero-order valence-electron chi connectivity index (χ0n) is 29.0. The van der Waals surface area contributed by atoms with Gasteiger partial charge in [-0.1, -0.05) is 169 Å². The predicted molar refractivity (Wildman–Crippen MR) is 181 cm³/mol. The van der Waals surface area contributed by atoms with Crippen molar-refractivity contribution in [2.75, 3.05) is 13.2 Å². The highest BCUT2D eigenvalue weighted by atomic mass is 16.5. The molecule has 0 saturated carbocycles. The Morgan fingerprint density at radius 1 is 0.357 bits per heavy atom. The van der Waals surface area contributed by atoms with Gasteiger partial charge in [0.1, 0.15) is 0 Å². The van der Waals surface area contributed by atoms with E-state index >= 15 is 0 Å². The molecule has 0 aromatic rings. The molecule has 0 aromatic heterocycles. The fourth-order valence-corrected chi connectivity index (χ4v) is 5.55. The van der Waals surface area contributed by atoms with Gasteiger partial charge in [-0.05, 0) is 37.5 Å². The minimum atomic E-state index is -0.0355. The van der Waals surface area contributed by atoms with Gasteiger partial charge in [0, 0.05) is 12.8 Å². The number of unbranched alkanes of at least 4 members (excludes halogenated alkanes) is 21. The molecule has 4 nitrogen and oxygen atoms in total. The third-order valence-corrected chi connectivity index (χ3v) is 8.39. The van der Waals surface area contributed by atoms with E-state index in [-0.39, 0.29) is 11.9 Å². The van der Waals surface area contributed by atoms with Gasteiger partial charge in [0.2, 0.25) is 0 Å². The molecule has 0 atom stereocenters. The Bertz CT molecular complexity index is 521. The third kappa shape index (κ3) is 35.1. The molecule has 0 bridgehead atoms. The van der Waals surface area contributed by atoms with Crippen LogP contribution in [0.3, 0.4) is 0 Å². The maximum absolute atomic E-state index is 11.9. The molecule has 0 unspecified atom stereocenters. The van der Waals surface area contributed by atoms with Gasteiger partial charge in [-0.3, -0.25) is 9.59 Å². The number of ether oxygens (including phenoxy) is 2. The Balaban J connectivity index is 3.26. The third-order valence-electron chi connectivity index (χ3n) is 8.39. The smallest absolute Gasteiger partial charge is 0.305 e. The molecule has 0 fully saturated rings. The molecule has 42 heavy (non-hydrogen) atoms. The van der Waals surface area contributed by atoms with Crippen molar-refractivity contribution < 1.29 is 19.1 Å². The molecule has 0 spiro atoms. The molecule has 0 amide bonds. The maximum Gasteiger partial charge on any atom is 0.305 e. The van der Waals surface area contributed by atoms with Crippen LogP contribution in [0, 0.1) is 11.8 Å². The van der Waals surface area contributed by atoms with Crippen LogP contribution in [-0.2, 0) is 19.1 Å². The van der Waals surface area contributed by atoms with Crippen LogP contribution < -0.4 is 0 Å². The second-order valence-electron chi connectivity index (χ2n) is 13.8. The van der Waals surface area contributed by atoms with Crippen molar-refractivity contribution in [1.82, 2.24) is 0 Å². The van der Waals surface area contributed by atoms with Gasteiger partial charge in [-0.2, -0.15) is 0 Å². The molecule has 0 aromatic carbocycles. The Kier molecular flexibility index (Phi) is 32.0. The van der Waals surface area contributed by atoms with E-state index in [9.17, 15) is 9.59 Å². The second kappa shape index (κ2) is 32.8. The van der Waals surface area contributed by atoms with Crippen LogP contribution in [0.4, 0.5) is 0 Å². The quantitative estimate of drug-likeness (QED) is 0.0560. The van der Waals surface area contributed by atoms with E-state index in [0.717, 1.165) is 63.2 Å². The van der Waals surface area contributed by atoms with Gasteiger partial charge in [0.25, 0.3) is 0 Å². The van der Waals surface area contributed by atoms with Gasteiger partial charge >= 0.3 is 11.9 Å². The van der Waals surface area contributed by atoms with E-state index in [2.05, 4.69) is 27.7 Å². The molecule has 0 aliphatic heterocycles. The topological polar surface area (TPSA) is 52.6 Å². The zero-order valence-corrected chi connectivity index (χ0v) is 29.0. The highest BCUT2D eigenvalue weighted by Crippen LogP contribution is 2.15. The van der Waals surface area contributed by atoms with Crippen LogP contribution in [0.1, 0.15) is 207 Å². The molecule has 250 valence electrons. The Morgan fingerprint density at radius 2 is 0.595 bits per heavy atom. The average molecular weight is 595 g/mol. The first-order valence-electron chi connectivity index (χ1n) is 18.7. The molecule has 0 heterocycles. The lowest BCUT2D eigenvalue weighted by molar-refractivity contribution is -0.144. The van der Waals surface area contributed by atoms with E-state index < -0.39 is 0 Å². The number of carbonyl (C=O) groups is 2. The first kappa shape index (κ1) is 40.9. The lowest BCUT2D eigenvalue weighted by Crippen LogP contribution is -2.06. The predicted octanol–water partition coefficient (Wildman–Crippen LogP) is 12.3. The summed E-state index contributed by atoms with van der Waals surface area (Å²) in [5.74, 6) is 1.62. The second-order valence-corrected chi connectivity index (χ2v) is 13.8. The first-order chi connectivity index (χ1) is 20.4. The lowest BCUT2D eigenvalue weighted by Gasteiger charge is -2.06. The van der Waals surface area contributed by atoms with E-state index in [1.54, 1.807) is 0 Å². The summed E-state index contributed by atoms with van der Waals surface area (Å²) in [5, 5.41) is 0. The molecule has 0 saturated heterocycles. The van der Waals surface area contributed by atoms with Crippen molar-refractivity contribution in [2.24, 2.45) is 11.8 Å². The fraction of sp³-hybridized carbons (Fsp3) is 0.947. The van der Waals surface area contributed by atoms with E-state index in [1.807, 2.05) is 0 Å². The maximum atomic E-state index is 11.9. The molecular formula is C38H74O4. The van der Waals surface area contributed by atoms with Crippen LogP contribution >= 0.6 is 0 Å². The van der Waals surface area contributed by atoms with Crippen molar-refractivity contribution in [3.63, 3.8) is 0 Å². The van der Waals surface area contributed by atoms with Crippen LogP contribution in [0.15, 0.2) is 0 Å². The minimum absolute atomic E-state index is 0.0355. The van der Waals surface area contributed by atoms with E-state index in [1.165, 1.54) is 116 Å². The van der Waals surface area contributed by atoms with Crippen molar-refractivity contribution in [1.29, 1.82) is 0 Å². The van der Waals surface area contributed by atoms with Crippen molar-refractivity contribution in [2.45, 2.75) is 207 Å². The van der Waals surface area contributed by atoms with E-state index in [0.29, 0.717) is 26.1 Å². The summed E-state index contributed by atoms with van der Waals surface area (Å²) >= 11 is 0. The first-order valence-corrected chi connectivity index (χ1v) is 18.7. The van der Waals surface area contributed by atoms with E-state index in [4.69, 9.17) is 9.47 Å². The van der Waals surface area contributed by atoms with Crippen molar-refractivity contribution >= 4 is 11.9 Å². The number of rotatable bonds is 33. The summed E-state index contributed by atoms with van der Waals surface area (Å²) in [4.78, 5) is 23.8. The standard InChI is InChI=1S/C38H74O4/c1-35(2)29-23-17-11-7-5-9-15-21-27-33-41-37(39)31-25-19-13-14-20-26-32-38(40)42-34-28-22-16-10-6-8-12-18-24-30-36(3)4/h35-36H,5-34H2,1-4H3. The Hall–Kier alpha value is -1.06. The van der Waals surface area contributed by atoms with Crippen molar-refractivity contribution in [3.8, 4) is 0 Å². The Morgan fingerprint density at radius 3 is 0.881 bits per heavy atom. The number of hydrogen-bond donors (Lipinski definition) is 0. The van der Waals surface area contributed by atoms with Gasteiger partial charge in [0.05, 0.1) is 13.2 Å². The summed E-state index contributed by atoms with van der Waals surface area (Å²) in [6.07, 6.45) is 33.3. The summed E-state index contributed by atoms with van der Waals surface area (Å²) in [6, 6.07) is 0. The summed E-state index contributed by atoms with van der Waals surface area (Å²) in [7, 11) is 0. The van der Waals surface area contributed by atoms with Gasteiger partial charge < -0.3 is 9.47 Å². The van der Waals surface area contributed by atoms with Crippen LogP contribution in [-0.4, -0.2) is 25.2 Å². The van der Waals surface area contributed by atoms with Gasteiger partial charge in [0.15, 0.2) is 0 Å². The molecule has 0 aliphatic carbocycles. The van der Waals surface area contributed by atoms with Crippen LogP contribution in [0.2, 0.25) is 0 Å². The monoisotopic (exact) mass is 595 g/mol. The minimum Gasteiger partial charge on any atom is -0.466 e. The zero-order chi connectivity index (χ0) is 30.9. The molecular weight excluding hydrogens is 520 g/mol. The highest BCUT2D eigenvalue weighted by molar-refractivity contribution is 5.69. The summed E-state index contributed by atoms with van der Waals surface area (Å²) in [5.41, 5.74) is 0. The molecule has 0 radical (unpaired) electrons. The number of hydrogen-bond acceptors (Lipinski definition) is 4. The lowest BCUT2D eigenvalue weighted by atomic mass is 10.0. The highest BCUT2D eigenvalue weighted by Gasteiger charge is 2.05. The average Bonchev–Trinajstić information content (AvgIpc) is 2.95. The van der Waals surface area contributed by atoms with Gasteiger partial charge in [-0.25, -0.2) is 0 Å². The van der Waals surface area contributed by atoms with Crippen LogP contribution in [0.25, 0.3) is 0 Å². The Labute approximate surface area is 263 Å². The molecule has 4 heteroatoms. The SMILES string of the molecule is CC(C)CCCCCCCCCCCOC(=O)CCCCCCCCC(=O)OCCCCCCCCCCCC(C)C. The summed E-state index contributed by atoms with van der Waals surface area (Å²) < 4.78 is 10.8. The van der Waals surface area contributed by atoms with Gasteiger partial charge in [-0.15, -0.1) is 0 Å².